The Morgan fingerprint density at radius 1 is 0.270 bits per heavy atom. The fourth-order valence-electron chi connectivity index (χ4n) is 3.65. The Labute approximate surface area is 223 Å². The van der Waals surface area contributed by atoms with Crippen molar-refractivity contribution in [3.8, 4) is 34.5 Å². The number of rotatable bonds is 0. The number of fused-ring (bicyclic) bond motifs is 3. The van der Waals surface area contributed by atoms with Crippen molar-refractivity contribution in [2.24, 2.45) is 0 Å². The summed E-state index contributed by atoms with van der Waals surface area (Å²) in [5, 5.41) is 60.5. The number of phenols is 6. The SMILES string of the molecule is Oc1cc2ccccc2cc1O.Oc1cc2ccccc2cc1O.Oc1cc2ccccc2cc1O.[Fe]. The van der Waals surface area contributed by atoms with Gasteiger partial charge in [-0.25, -0.2) is 0 Å². The fourth-order valence-corrected chi connectivity index (χ4v) is 3.65. The quantitative estimate of drug-likeness (QED) is 0.0944. The molecule has 0 aliphatic carbocycles. The van der Waals surface area contributed by atoms with Gasteiger partial charge in [0.05, 0.1) is 0 Å². The van der Waals surface area contributed by atoms with E-state index in [1.165, 1.54) is 0 Å². The second-order valence-corrected chi connectivity index (χ2v) is 8.06. The summed E-state index contributed by atoms with van der Waals surface area (Å²) < 4.78 is 0. The van der Waals surface area contributed by atoms with Crippen molar-refractivity contribution in [2.45, 2.75) is 0 Å². The first-order valence-corrected chi connectivity index (χ1v) is 11.0. The maximum atomic E-state index is 9.17. The van der Waals surface area contributed by atoms with Crippen molar-refractivity contribution in [3.63, 3.8) is 0 Å². The van der Waals surface area contributed by atoms with E-state index in [0.29, 0.717) is 0 Å². The largest absolute Gasteiger partial charge is 0.504 e. The minimum Gasteiger partial charge on any atom is -0.504 e. The van der Waals surface area contributed by atoms with Gasteiger partial charge >= 0.3 is 0 Å². The maximum Gasteiger partial charge on any atom is 0.158 e. The van der Waals surface area contributed by atoms with Crippen molar-refractivity contribution < 1.29 is 47.7 Å². The third kappa shape index (κ3) is 6.55. The molecule has 6 aromatic rings. The predicted octanol–water partition coefficient (Wildman–Crippen LogP) is 6.75. The molecule has 6 N–H and O–H groups in total. The fraction of sp³-hybridized carbons (Fsp3) is 0. The Kier molecular flexibility index (Phi) is 8.69. The molecule has 0 aliphatic rings. The van der Waals surface area contributed by atoms with Crippen LogP contribution in [0.15, 0.2) is 109 Å². The van der Waals surface area contributed by atoms with Crippen molar-refractivity contribution in [2.75, 3.05) is 0 Å². The summed E-state index contributed by atoms with van der Waals surface area (Å²) in [6.45, 7) is 0. The molecule has 6 aromatic carbocycles. The minimum absolute atomic E-state index is 0. The molecule has 6 nitrogen and oxygen atoms in total. The van der Waals surface area contributed by atoms with Gasteiger partial charge in [0.15, 0.2) is 34.5 Å². The van der Waals surface area contributed by atoms with Crippen LogP contribution in [0.4, 0.5) is 0 Å². The van der Waals surface area contributed by atoms with Crippen LogP contribution < -0.4 is 0 Å². The van der Waals surface area contributed by atoms with Crippen LogP contribution in [-0.4, -0.2) is 30.6 Å². The summed E-state index contributed by atoms with van der Waals surface area (Å²) in [7, 11) is 0. The van der Waals surface area contributed by atoms with Gasteiger partial charge in [-0.2, -0.15) is 0 Å². The Morgan fingerprint density at radius 2 is 0.405 bits per heavy atom. The van der Waals surface area contributed by atoms with Crippen LogP contribution in [0, 0.1) is 0 Å². The van der Waals surface area contributed by atoms with Gasteiger partial charge in [-0.3, -0.25) is 0 Å². The van der Waals surface area contributed by atoms with E-state index in [-0.39, 0.29) is 51.6 Å². The van der Waals surface area contributed by atoms with E-state index < -0.39 is 0 Å². The van der Waals surface area contributed by atoms with Crippen molar-refractivity contribution >= 4 is 32.3 Å². The van der Waals surface area contributed by atoms with Crippen molar-refractivity contribution in [3.05, 3.63) is 109 Å². The molecule has 0 heterocycles. The maximum absolute atomic E-state index is 9.17. The van der Waals surface area contributed by atoms with Gasteiger partial charge < -0.3 is 30.6 Å². The van der Waals surface area contributed by atoms with Gasteiger partial charge in [-0.05, 0) is 68.7 Å². The van der Waals surface area contributed by atoms with E-state index in [9.17, 15) is 0 Å². The van der Waals surface area contributed by atoms with Crippen LogP contribution >= 0.6 is 0 Å². The van der Waals surface area contributed by atoms with Gasteiger partial charge in [0.2, 0.25) is 0 Å². The van der Waals surface area contributed by atoms with E-state index in [1.54, 1.807) is 36.4 Å². The van der Waals surface area contributed by atoms with E-state index in [4.69, 9.17) is 30.6 Å². The van der Waals surface area contributed by atoms with E-state index in [1.807, 2.05) is 72.8 Å². The molecule has 7 heteroatoms. The molecule has 0 saturated carbocycles. The molecule has 0 aromatic heterocycles. The Bertz CT molecular complexity index is 1350. The molecule has 0 saturated heterocycles. The van der Waals surface area contributed by atoms with Crippen LogP contribution in [0.1, 0.15) is 0 Å². The van der Waals surface area contributed by atoms with Crippen LogP contribution in [-0.2, 0) is 17.1 Å². The molecule has 0 amide bonds. The first-order chi connectivity index (χ1) is 17.3. The average Bonchev–Trinajstić information content (AvgIpc) is 2.87. The molecule has 0 aliphatic heterocycles. The zero-order valence-corrected chi connectivity index (χ0v) is 20.5. The van der Waals surface area contributed by atoms with Crippen LogP contribution in [0.3, 0.4) is 0 Å². The monoisotopic (exact) mass is 536 g/mol. The van der Waals surface area contributed by atoms with Gasteiger partial charge in [-0.15, -0.1) is 0 Å². The number of hydrogen-bond donors (Lipinski definition) is 6. The number of benzene rings is 6. The summed E-state index contributed by atoms with van der Waals surface area (Å²) >= 11 is 0. The summed E-state index contributed by atoms with van der Waals surface area (Å²) in [5.41, 5.74) is 0. The molecular weight excluding hydrogens is 512 g/mol. The number of hydrogen-bond acceptors (Lipinski definition) is 6. The molecule has 37 heavy (non-hydrogen) atoms. The van der Waals surface area contributed by atoms with Gasteiger partial charge in [0.1, 0.15) is 0 Å². The Balaban J connectivity index is 0.000000152. The Morgan fingerprint density at radius 3 is 0.541 bits per heavy atom. The Hall–Kier alpha value is -4.58. The number of phenolic OH excluding ortho intramolecular Hbond substituents is 6. The van der Waals surface area contributed by atoms with Crippen molar-refractivity contribution in [1.82, 2.24) is 0 Å². The summed E-state index contributed by atoms with van der Waals surface area (Å²) in [6, 6.07) is 31.9. The molecule has 0 fully saturated rings. The zero-order chi connectivity index (χ0) is 25.7. The molecule has 0 bridgehead atoms. The first-order valence-electron chi connectivity index (χ1n) is 11.0. The van der Waals surface area contributed by atoms with Crippen molar-refractivity contribution in [1.29, 1.82) is 0 Å². The first kappa shape index (κ1) is 27.0. The zero-order valence-electron chi connectivity index (χ0n) is 19.4. The van der Waals surface area contributed by atoms with Crippen LogP contribution in [0.25, 0.3) is 32.3 Å². The smallest absolute Gasteiger partial charge is 0.158 e. The third-order valence-electron chi connectivity index (χ3n) is 5.53. The molecule has 188 valence electrons. The molecule has 6 rings (SSSR count). The van der Waals surface area contributed by atoms with Gasteiger partial charge in [-0.1, -0.05) is 72.8 Å². The average molecular weight is 536 g/mol. The molecule has 0 atom stereocenters. The second kappa shape index (κ2) is 11.9. The van der Waals surface area contributed by atoms with Crippen LogP contribution in [0.2, 0.25) is 0 Å². The minimum atomic E-state index is -0.0753. The predicted molar refractivity (Wildman–Crippen MR) is 142 cm³/mol. The number of aromatic hydroxyl groups is 6. The summed E-state index contributed by atoms with van der Waals surface area (Å²) in [6.07, 6.45) is 0. The van der Waals surface area contributed by atoms with E-state index >= 15 is 0 Å². The van der Waals surface area contributed by atoms with Gasteiger partial charge in [0, 0.05) is 17.1 Å². The molecule has 0 unspecified atom stereocenters. The third-order valence-corrected chi connectivity index (χ3v) is 5.53. The standard InChI is InChI=1S/3C10H8O2.Fe/c3*11-9-5-7-3-1-2-4-8(7)6-10(9)12;/h3*1-6,11-12H;. The normalized spacial score (nSPS) is 10.1. The summed E-state index contributed by atoms with van der Waals surface area (Å²) in [4.78, 5) is 0. The topological polar surface area (TPSA) is 121 Å². The van der Waals surface area contributed by atoms with E-state index in [0.717, 1.165) is 32.3 Å². The molecule has 0 spiro atoms. The van der Waals surface area contributed by atoms with E-state index in [2.05, 4.69) is 0 Å². The second-order valence-electron chi connectivity index (χ2n) is 8.06. The molecule has 0 radical (unpaired) electrons. The van der Waals surface area contributed by atoms with Gasteiger partial charge in [0.25, 0.3) is 0 Å². The molecular formula is C30H24FeO6. The van der Waals surface area contributed by atoms with Crippen LogP contribution in [0.5, 0.6) is 34.5 Å². The summed E-state index contributed by atoms with van der Waals surface area (Å²) in [5.74, 6) is -0.452.